The Labute approximate surface area is 199 Å². The number of rotatable bonds is 6. The average molecular weight is 456 g/mol. The summed E-state index contributed by atoms with van der Waals surface area (Å²) < 4.78 is 0. The molecule has 1 aromatic carbocycles. The fraction of sp³-hybridized carbons (Fsp3) is 0.259. The van der Waals surface area contributed by atoms with E-state index in [9.17, 15) is 0 Å². The number of nitrogens with zero attached hydrogens (tertiary/aromatic N) is 4. The predicted molar refractivity (Wildman–Crippen MR) is 142 cm³/mol. The Morgan fingerprint density at radius 1 is 1.12 bits per heavy atom. The largest absolute Gasteiger partial charge is 0.353 e. The summed E-state index contributed by atoms with van der Waals surface area (Å²) in [6, 6.07) is 13.3. The minimum Gasteiger partial charge on any atom is -0.353 e. The first-order valence-corrected chi connectivity index (χ1v) is 12.1. The zero-order chi connectivity index (χ0) is 22.9. The van der Waals surface area contributed by atoms with Crippen LogP contribution in [0.5, 0.6) is 0 Å². The molecular formula is C27H29N5S. The molecule has 1 unspecified atom stereocenters. The quantitative estimate of drug-likeness (QED) is 0.514. The van der Waals surface area contributed by atoms with Crippen LogP contribution in [-0.4, -0.2) is 48.1 Å². The lowest BCUT2D eigenvalue weighted by Crippen LogP contribution is -2.57. The van der Waals surface area contributed by atoms with Crippen LogP contribution in [0.1, 0.15) is 18.1 Å². The Morgan fingerprint density at radius 3 is 2.76 bits per heavy atom. The highest BCUT2D eigenvalue weighted by atomic mass is 32.2. The normalized spacial score (nSPS) is 18.4. The van der Waals surface area contributed by atoms with Crippen molar-refractivity contribution in [3.8, 4) is 0 Å². The second kappa shape index (κ2) is 9.04. The summed E-state index contributed by atoms with van der Waals surface area (Å²) in [5.74, 6) is 2.24. The zero-order valence-corrected chi connectivity index (χ0v) is 20.1. The molecule has 0 aliphatic carbocycles. The lowest BCUT2D eigenvalue weighted by atomic mass is 10.1. The van der Waals surface area contributed by atoms with Crippen molar-refractivity contribution in [3.63, 3.8) is 0 Å². The van der Waals surface area contributed by atoms with Crippen molar-refractivity contribution in [2.45, 2.75) is 13.0 Å². The van der Waals surface area contributed by atoms with Gasteiger partial charge in [-0.2, -0.15) is 0 Å². The summed E-state index contributed by atoms with van der Waals surface area (Å²) in [5.41, 5.74) is 3.08. The highest BCUT2D eigenvalue weighted by Gasteiger charge is 2.29. The first-order chi connectivity index (χ1) is 16.0. The lowest BCUT2D eigenvalue weighted by molar-refractivity contribution is 0.246. The van der Waals surface area contributed by atoms with Crippen LogP contribution in [0.15, 0.2) is 72.9 Å². The topological polar surface area (TPSA) is 44.3 Å². The third-order valence-electron chi connectivity index (χ3n) is 6.29. The van der Waals surface area contributed by atoms with E-state index in [1.54, 1.807) is 11.8 Å². The summed E-state index contributed by atoms with van der Waals surface area (Å²) >= 11 is 1.78. The number of allylic oxidation sites excluding steroid dienone is 2. The van der Waals surface area contributed by atoms with Crippen LogP contribution in [0.4, 0.5) is 11.6 Å². The molecule has 33 heavy (non-hydrogen) atoms. The van der Waals surface area contributed by atoms with Crippen molar-refractivity contribution in [1.29, 1.82) is 0 Å². The van der Waals surface area contributed by atoms with Gasteiger partial charge in [0.25, 0.3) is 0 Å². The van der Waals surface area contributed by atoms with Crippen molar-refractivity contribution in [2.24, 2.45) is 5.92 Å². The van der Waals surface area contributed by atoms with Gasteiger partial charge in [0.2, 0.25) is 0 Å². The number of aromatic nitrogens is 2. The predicted octanol–water partition coefficient (Wildman–Crippen LogP) is 5.70. The summed E-state index contributed by atoms with van der Waals surface area (Å²) in [5, 5.41) is 7.86. The number of hydrogen-bond donors (Lipinski definition) is 1. The van der Waals surface area contributed by atoms with Crippen LogP contribution in [0.25, 0.3) is 21.4 Å². The molecule has 2 aliphatic rings. The third kappa shape index (κ3) is 4.68. The molecule has 2 aliphatic heterocycles. The molecule has 0 saturated carbocycles. The average Bonchev–Trinajstić information content (AvgIpc) is 2.77. The number of hydrogen-bond acceptors (Lipinski definition) is 6. The van der Waals surface area contributed by atoms with Crippen LogP contribution in [-0.2, 0) is 0 Å². The standard InChI is InChI=1S/C27H29N5S/c1-18-8-10-33-25(11-18)21-5-6-22-15-29-26(13-23(22)12-21)30-19(2)20-7-9-28-27(14-20)32-16-24(17-32)31(3)4/h5-15,18,24H,2,16-17H2,1,3-4H3,(H,29,30). The second-order valence-electron chi connectivity index (χ2n) is 9.00. The van der Waals surface area contributed by atoms with Gasteiger partial charge in [-0.3, -0.25) is 0 Å². The summed E-state index contributed by atoms with van der Waals surface area (Å²) in [6.07, 6.45) is 8.30. The number of thioether (sulfide) groups is 1. The molecule has 5 nitrogen and oxygen atoms in total. The van der Waals surface area contributed by atoms with E-state index in [0.29, 0.717) is 12.0 Å². The van der Waals surface area contributed by atoms with Crippen LogP contribution < -0.4 is 10.2 Å². The maximum absolute atomic E-state index is 4.61. The van der Waals surface area contributed by atoms with Gasteiger partial charge in [0.1, 0.15) is 11.6 Å². The summed E-state index contributed by atoms with van der Waals surface area (Å²) in [4.78, 5) is 15.0. The molecule has 1 N–H and O–H groups in total. The molecule has 0 radical (unpaired) electrons. The molecule has 1 atom stereocenters. The van der Waals surface area contributed by atoms with Gasteiger partial charge in [0, 0.05) is 53.1 Å². The van der Waals surface area contributed by atoms with Gasteiger partial charge in [-0.05, 0) is 60.6 Å². The third-order valence-corrected chi connectivity index (χ3v) is 7.21. The first kappa shape index (κ1) is 21.7. The van der Waals surface area contributed by atoms with E-state index >= 15 is 0 Å². The summed E-state index contributed by atoms with van der Waals surface area (Å²) in [7, 11) is 4.25. The van der Waals surface area contributed by atoms with Crippen molar-refractivity contribution < 1.29 is 0 Å². The van der Waals surface area contributed by atoms with Gasteiger partial charge in [0.15, 0.2) is 0 Å². The maximum atomic E-state index is 4.61. The first-order valence-electron chi connectivity index (χ1n) is 11.3. The highest BCUT2D eigenvalue weighted by Crippen LogP contribution is 2.35. The van der Waals surface area contributed by atoms with Crippen LogP contribution in [0.2, 0.25) is 0 Å². The van der Waals surface area contributed by atoms with Crippen LogP contribution in [0, 0.1) is 5.92 Å². The smallest absolute Gasteiger partial charge is 0.130 e. The van der Waals surface area contributed by atoms with Gasteiger partial charge >= 0.3 is 0 Å². The van der Waals surface area contributed by atoms with Gasteiger partial charge in [-0.15, -0.1) is 0 Å². The van der Waals surface area contributed by atoms with Crippen molar-refractivity contribution >= 4 is 44.8 Å². The molecule has 6 heteroatoms. The minimum atomic E-state index is 0.463. The molecule has 0 bridgehead atoms. The van der Waals surface area contributed by atoms with Crippen LogP contribution in [0.3, 0.4) is 0 Å². The number of anilines is 2. The van der Waals surface area contributed by atoms with Crippen LogP contribution >= 0.6 is 11.8 Å². The number of benzene rings is 1. The minimum absolute atomic E-state index is 0.463. The molecular weight excluding hydrogens is 426 g/mol. The van der Waals surface area contributed by atoms with Gasteiger partial charge in [-0.1, -0.05) is 49.5 Å². The molecule has 0 amide bonds. The summed E-state index contributed by atoms with van der Waals surface area (Å²) in [6.45, 7) is 8.47. The van der Waals surface area contributed by atoms with E-state index in [4.69, 9.17) is 0 Å². The second-order valence-corrected chi connectivity index (χ2v) is 9.94. The monoisotopic (exact) mass is 455 g/mol. The lowest BCUT2D eigenvalue weighted by Gasteiger charge is -2.43. The maximum Gasteiger partial charge on any atom is 0.130 e. The number of fused-ring (bicyclic) bond motifs is 1. The highest BCUT2D eigenvalue weighted by molar-refractivity contribution is 8.11. The molecule has 3 aromatic rings. The number of nitrogens with one attached hydrogen (secondary N) is 1. The Balaban J connectivity index is 1.33. The van der Waals surface area contributed by atoms with Gasteiger partial charge in [-0.25, -0.2) is 9.97 Å². The molecule has 168 valence electrons. The van der Waals surface area contributed by atoms with Gasteiger partial charge < -0.3 is 15.1 Å². The van der Waals surface area contributed by atoms with E-state index in [-0.39, 0.29) is 0 Å². The number of pyridine rings is 2. The fourth-order valence-electron chi connectivity index (χ4n) is 4.07. The van der Waals surface area contributed by atoms with Crippen molar-refractivity contribution in [1.82, 2.24) is 14.9 Å². The zero-order valence-electron chi connectivity index (χ0n) is 19.3. The molecule has 0 spiro atoms. The Morgan fingerprint density at radius 2 is 1.97 bits per heavy atom. The molecule has 2 aromatic heterocycles. The Hall–Kier alpha value is -3.09. The van der Waals surface area contributed by atoms with E-state index < -0.39 is 0 Å². The molecule has 1 fully saturated rings. The molecule has 1 saturated heterocycles. The molecule has 4 heterocycles. The Bertz CT molecular complexity index is 1260. The number of likely N-dealkylation sites (N-methyl/N-ethyl adjacent to an activating group) is 1. The fourth-order valence-corrected chi connectivity index (χ4v) is 5.10. The Kier molecular flexibility index (Phi) is 5.96. The van der Waals surface area contributed by atoms with E-state index in [0.717, 1.165) is 46.8 Å². The SMILES string of the molecule is C=C(Nc1cc2cc(C3=CC(C)C=CS3)ccc2cn1)c1ccnc(N2CC(N(C)C)C2)c1. The van der Waals surface area contributed by atoms with E-state index in [1.807, 2.05) is 18.5 Å². The van der Waals surface area contributed by atoms with E-state index in [2.05, 4.69) is 101 Å². The molecule has 5 rings (SSSR count). The van der Waals surface area contributed by atoms with Crippen molar-refractivity contribution in [2.75, 3.05) is 37.4 Å². The van der Waals surface area contributed by atoms with Crippen molar-refractivity contribution in [3.05, 3.63) is 84.1 Å². The van der Waals surface area contributed by atoms with E-state index in [1.165, 1.54) is 10.5 Å². The van der Waals surface area contributed by atoms with Gasteiger partial charge in [0.05, 0.1) is 0 Å².